The van der Waals surface area contributed by atoms with Gasteiger partial charge in [-0.25, -0.2) is 0 Å². The number of nitrogen functional groups attached to an aromatic ring is 1. The Hall–Kier alpha value is -1.71. The van der Waals surface area contributed by atoms with Gasteiger partial charge in [0.2, 0.25) is 0 Å². The summed E-state index contributed by atoms with van der Waals surface area (Å²) in [4.78, 5) is 13.3. The van der Waals surface area contributed by atoms with Gasteiger partial charge < -0.3 is 15.4 Å². The molecule has 4 nitrogen and oxygen atoms in total. The normalized spacial score (nSPS) is 10.0. The predicted molar refractivity (Wildman–Crippen MR) is 70.0 cm³/mol. The Bertz CT molecular complexity index is 349. The monoisotopic (exact) mass is 236 g/mol. The van der Waals surface area contributed by atoms with Crippen LogP contribution < -0.4 is 10.6 Å². The molecular weight excluding hydrogens is 216 g/mol. The molecule has 2 N–H and O–H groups in total. The minimum Gasteiger partial charge on any atom is -0.469 e. The van der Waals surface area contributed by atoms with E-state index in [2.05, 4.69) is 16.6 Å². The van der Waals surface area contributed by atoms with Gasteiger partial charge in [-0.15, -0.1) is 0 Å². The van der Waals surface area contributed by atoms with Crippen LogP contribution in [0.25, 0.3) is 0 Å². The molecule has 0 unspecified atom stereocenters. The highest BCUT2D eigenvalue weighted by molar-refractivity contribution is 5.70. The van der Waals surface area contributed by atoms with Crippen molar-refractivity contribution in [2.45, 2.75) is 19.8 Å². The molecule has 1 rings (SSSR count). The SMILES string of the molecule is CCCN(CCC(=O)OC)c1ccc(N)cc1. The van der Waals surface area contributed by atoms with E-state index < -0.39 is 0 Å². The average Bonchev–Trinajstić information content (AvgIpc) is 2.35. The molecule has 0 aromatic heterocycles. The molecule has 0 aliphatic carbocycles. The van der Waals surface area contributed by atoms with E-state index in [9.17, 15) is 4.79 Å². The highest BCUT2D eigenvalue weighted by atomic mass is 16.5. The molecule has 0 spiro atoms. The van der Waals surface area contributed by atoms with Gasteiger partial charge in [-0.2, -0.15) is 0 Å². The van der Waals surface area contributed by atoms with E-state index in [1.807, 2.05) is 24.3 Å². The maximum Gasteiger partial charge on any atom is 0.307 e. The van der Waals surface area contributed by atoms with E-state index in [-0.39, 0.29) is 5.97 Å². The number of nitrogens with zero attached hydrogens (tertiary/aromatic N) is 1. The molecular formula is C13H20N2O2. The molecule has 0 fully saturated rings. The van der Waals surface area contributed by atoms with Crippen LogP contribution in [0, 0.1) is 0 Å². The van der Waals surface area contributed by atoms with Gasteiger partial charge in [0.15, 0.2) is 0 Å². The van der Waals surface area contributed by atoms with Crippen LogP contribution in [0.2, 0.25) is 0 Å². The first kappa shape index (κ1) is 13.4. The summed E-state index contributed by atoms with van der Waals surface area (Å²) in [5, 5.41) is 0. The largest absolute Gasteiger partial charge is 0.469 e. The number of hydrogen-bond donors (Lipinski definition) is 1. The van der Waals surface area contributed by atoms with Crippen molar-refractivity contribution in [2.75, 3.05) is 30.8 Å². The lowest BCUT2D eigenvalue weighted by Crippen LogP contribution is -2.27. The van der Waals surface area contributed by atoms with Crippen molar-refractivity contribution >= 4 is 17.3 Å². The predicted octanol–water partition coefficient (Wildman–Crippen LogP) is 2.05. The molecule has 17 heavy (non-hydrogen) atoms. The first-order chi connectivity index (χ1) is 8.17. The van der Waals surface area contributed by atoms with E-state index in [4.69, 9.17) is 5.73 Å². The molecule has 4 heteroatoms. The average molecular weight is 236 g/mol. The third-order valence-electron chi connectivity index (χ3n) is 2.57. The Morgan fingerprint density at radius 3 is 2.47 bits per heavy atom. The fourth-order valence-electron chi connectivity index (χ4n) is 1.65. The standard InChI is InChI=1S/C13H20N2O2/c1-3-9-15(10-8-13(16)17-2)12-6-4-11(14)5-7-12/h4-7H,3,8-10,14H2,1-2H3. The Balaban J connectivity index is 2.64. The highest BCUT2D eigenvalue weighted by Crippen LogP contribution is 2.17. The lowest BCUT2D eigenvalue weighted by molar-refractivity contribution is -0.140. The second kappa shape index (κ2) is 6.78. The molecule has 0 saturated carbocycles. The Morgan fingerprint density at radius 2 is 1.94 bits per heavy atom. The first-order valence-electron chi connectivity index (χ1n) is 5.84. The fraction of sp³-hybridized carbons (Fsp3) is 0.462. The van der Waals surface area contributed by atoms with Crippen LogP contribution in [-0.4, -0.2) is 26.2 Å². The van der Waals surface area contributed by atoms with Crippen LogP contribution in [0.5, 0.6) is 0 Å². The third-order valence-corrected chi connectivity index (χ3v) is 2.57. The molecule has 94 valence electrons. The Kier molecular flexibility index (Phi) is 5.33. The number of carbonyl (C=O) groups is 1. The van der Waals surface area contributed by atoms with Crippen LogP contribution in [0.3, 0.4) is 0 Å². The summed E-state index contributed by atoms with van der Waals surface area (Å²) in [7, 11) is 1.41. The number of hydrogen-bond acceptors (Lipinski definition) is 4. The zero-order valence-electron chi connectivity index (χ0n) is 10.5. The number of anilines is 2. The number of methoxy groups -OCH3 is 1. The van der Waals surface area contributed by atoms with Crippen molar-refractivity contribution in [3.8, 4) is 0 Å². The topological polar surface area (TPSA) is 55.6 Å². The van der Waals surface area contributed by atoms with Gasteiger partial charge in [0.25, 0.3) is 0 Å². The minimum absolute atomic E-state index is 0.179. The van der Waals surface area contributed by atoms with Gasteiger partial charge in [0, 0.05) is 24.5 Å². The lowest BCUT2D eigenvalue weighted by Gasteiger charge is -2.23. The van der Waals surface area contributed by atoms with Gasteiger partial charge in [0.1, 0.15) is 0 Å². The van der Waals surface area contributed by atoms with Crippen molar-refractivity contribution < 1.29 is 9.53 Å². The third kappa shape index (κ3) is 4.34. The summed E-state index contributed by atoms with van der Waals surface area (Å²) >= 11 is 0. The molecule has 0 saturated heterocycles. The van der Waals surface area contributed by atoms with Crippen molar-refractivity contribution in [1.82, 2.24) is 0 Å². The molecule has 0 aliphatic rings. The number of nitrogens with two attached hydrogens (primary N) is 1. The van der Waals surface area contributed by atoms with Crippen molar-refractivity contribution in [3.63, 3.8) is 0 Å². The number of carbonyl (C=O) groups excluding carboxylic acids is 1. The number of ether oxygens (including phenoxy) is 1. The Morgan fingerprint density at radius 1 is 1.29 bits per heavy atom. The molecule has 0 bridgehead atoms. The quantitative estimate of drug-likeness (QED) is 0.606. The van der Waals surface area contributed by atoms with E-state index in [0.717, 1.165) is 24.3 Å². The van der Waals surface area contributed by atoms with Gasteiger partial charge in [-0.1, -0.05) is 6.92 Å². The summed E-state index contributed by atoms with van der Waals surface area (Å²) in [5.74, 6) is -0.179. The van der Waals surface area contributed by atoms with E-state index >= 15 is 0 Å². The summed E-state index contributed by atoms with van der Waals surface area (Å²) in [5.41, 5.74) is 7.49. The van der Waals surface area contributed by atoms with E-state index in [1.54, 1.807) is 0 Å². The van der Waals surface area contributed by atoms with Crippen LogP contribution in [0.1, 0.15) is 19.8 Å². The first-order valence-corrected chi connectivity index (χ1v) is 5.84. The maximum atomic E-state index is 11.1. The summed E-state index contributed by atoms with van der Waals surface area (Å²) in [6.45, 7) is 3.70. The van der Waals surface area contributed by atoms with E-state index in [0.29, 0.717) is 13.0 Å². The summed E-state index contributed by atoms with van der Waals surface area (Å²) in [6, 6.07) is 7.69. The van der Waals surface area contributed by atoms with E-state index in [1.165, 1.54) is 7.11 Å². The second-order valence-electron chi connectivity index (χ2n) is 3.90. The van der Waals surface area contributed by atoms with Crippen molar-refractivity contribution in [3.05, 3.63) is 24.3 Å². The maximum absolute atomic E-state index is 11.1. The van der Waals surface area contributed by atoms with Crippen LogP contribution in [0.15, 0.2) is 24.3 Å². The molecule has 1 aromatic rings. The molecule has 1 aromatic carbocycles. The smallest absolute Gasteiger partial charge is 0.307 e. The van der Waals surface area contributed by atoms with Gasteiger partial charge in [-0.05, 0) is 30.7 Å². The van der Waals surface area contributed by atoms with Crippen LogP contribution in [-0.2, 0) is 9.53 Å². The Labute approximate surface area is 102 Å². The minimum atomic E-state index is -0.179. The number of rotatable bonds is 6. The van der Waals surface area contributed by atoms with Crippen LogP contribution in [0.4, 0.5) is 11.4 Å². The molecule has 0 amide bonds. The number of benzene rings is 1. The molecule has 0 heterocycles. The van der Waals surface area contributed by atoms with Crippen molar-refractivity contribution in [1.29, 1.82) is 0 Å². The molecule has 0 radical (unpaired) electrons. The molecule has 0 aliphatic heterocycles. The zero-order valence-corrected chi connectivity index (χ0v) is 10.5. The summed E-state index contributed by atoms with van der Waals surface area (Å²) < 4.78 is 4.65. The lowest BCUT2D eigenvalue weighted by atomic mass is 10.2. The summed E-state index contributed by atoms with van der Waals surface area (Å²) in [6.07, 6.45) is 1.44. The van der Waals surface area contributed by atoms with Gasteiger partial charge in [0.05, 0.1) is 13.5 Å². The van der Waals surface area contributed by atoms with Gasteiger partial charge in [-0.3, -0.25) is 4.79 Å². The van der Waals surface area contributed by atoms with Gasteiger partial charge >= 0.3 is 5.97 Å². The second-order valence-corrected chi connectivity index (χ2v) is 3.90. The fourth-order valence-corrected chi connectivity index (χ4v) is 1.65. The van der Waals surface area contributed by atoms with Crippen molar-refractivity contribution in [2.24, 2.45) is 0 Å². The highest BCUT2D eigenvalue weighted by Gasteiger charge is 2.08. The van der Waals surface area contributed by atoms with Crippen LogP contribution >= 0.6 is 0 Å². The molecule has 0 atom stereocenters. The zero-order chi connectivity index (χ0) is 12.7. The number of esters is 1.